The average molecular weight is 290 g/mol. The third-order valence-corrected chi connectivity index (χ3v) is 3.32. The number of carboxylic acid groups (broad SMARTS) is 1. The minimum Gasteiger partial charge on any atom is -0.480 e. The van der Waals surface area contributed by atoms with Crippen molar-refractivity contribution in [3.63, 3.8) is 0 Å². The third kappa shape index (κ3) is 4.16. The summed E-state index contributed by atoms with van der Waals surface area (Å²) in [5.41, 5.74) is 0.850. The number of halogens is 2. The molecule has 3 nitrogen and oxygen atoms in total. The van der Waals surface area contributed by atoms with Crippen LogP contribution in [0.1, 0.15) is 38.3 Å². The average Bonchev–Trinajstić information content (AvgIpc) is 2.27. The lowest BCUT2D eigenvalue weighted by Crippen LogP contribution is -2.38. The van der Waals surface area contributed by atoms with E-state index in [-0.39, 0.29) is 6.04 Å². The molecule has 0 bridgehead atoms. The van der Waals surface area contributed by atoms with Crippen LogP contribution in [0.3, 0.4) is 0 Å². The van der Waals surface area contributed by atoms with Crippen LogP contribution in [0.25, 0.3) is 0 Å². The molecule has 0 spiro atoms. The van der Waals surface area contributed by atoms with E-state index in [1.807, 2.05) is 19.9 Å². The van der Waals surface area contributed by atoms with Gasteiger partial charge in [0.15, 0.2) is 0 Å². The van der Waals surface area contributed by atoms with E-state index in [9.17, 15) is 4.79 Å². The zero-order valence-corrected chi connectivity index (χ0v) is 11.9. The molecule has 100 valence electrons. The van der Waals surface area contributed by atoms with E-state index < -0.39 is 12.0 Å². The lowest BCUT2D eigenvalue weighted by Gasteiger charge is -2.21. The Hall–Kier alpha value is -0.770. The highest BCUT2D eigenvalue weighted by molar-refractivity contribution is 6.35. The summed E-state index contributed by atoms with van der Waals surface area (Å²) in [6.45, 7) is 3.85. The smallest absolute Gasteiger partial charge is 0.320 e. The second-order valence-electron chi connectivity index (χ2n) is 4.23. The summed E-state index contributed by atoms with van der Waals surface area (Å²) in [7, 11) is 0. The molecule has 2 atom stereocenters. The fourth-order valence-electron chi connectivity index (χ4n) is 1.81. The Morgan fingerprint density at radius 2 is 2.11 bits per heavy atom. The van der Waals surface area contributed by atoms with Crippen LogP contribution < -0.4 is 5.32 Å². The second kappa shape index (κ2) is 6.98. The van der Waals surface area contributed by atoms with Crippen molar-refractivity contribution in [3.05, 3.63) is 33.8 Å². The monoisotopic (exact) mass is 289 g/mol. The molecule has 18 heavy (non-hydrogen) atoms. The molecule has 1 rings (SSSR count). The lowest BCUT2D eigenvalue weighted by atomic mass is 10.1. The van der Waals surface area contributed by atoms with Gasteiger partial charge in [0.1, 0.15) is 6.04 Å². The molecule has 5 heteroatoms. The summed E-state index contributed by atoms with van der Waals surface area (Å²) in [4.78, 5) is 11.1. The number of benzene rings is 1. The zero-order valence-electron chi connectivity index (χ0n) is 10.4. The summed E-state index contributed by atoms with van der Waals surface area (Å²) in [6, 6.07) is 4.52. The molecular weight excluding hydrogens is 273 g/mol. The van der Waals surface area contributed by atoms with Crippen molar-refractivity contribution in [1.82, 2.24) is 5.32 Å². The minimum absolute atomic E-state index is 0.137. The van der Waals surface area contributed by atoms with Crippen molar-refractivity contribution < 1.29 is 9.90 Å². The highest BCUT2D eigenvalue weighted by Crippen LogP contribution is 2.26. The van der Waals surface area contributed by atoms with Crippen molar-refractivity contribution in [2.45, 2.75) is 38.8 Å². The standard InChI is InChI=1S/C13H17Cl2NO2/c1-3-4-12(13(17)18)16-8(2)10-6-5-9(14)7-11(10)15/h5-8,12,16H,3-4H2,1-2H3,(H,17,18). The molecule has 0 aliphatic heterocycles. The van der Waals surface area contributed by atoms with Crippen molar-refractivity contribution >= 4 is 29.2 Å². The Labute approximate surface area is 117 Å². The van der Waals surface area contributed by atoms with Gasteiger partial charge in [-0.25, -0.2) is 0 Å². The molecule has 0 saturated carbocycles. The van der Waals surface area contributed by atoms with Gasteiger partial charge in [-0.3, -0.25) is 10.1 Å². The summed E-state index contributed by atoms with van der Waals surface area (Å²) < 4.78 is 0. The summed E-state index contributed by atoms with van der Waals surface area (Å²) in [6.07, 6.45) is 1.40. The van der Waals surface area contributed by atoms with Gasteiger partial charge in [0, 0.05) is 16.1 Å². The van der Waals surface area contributed by atoms with E-state index in [4.69, 9.17) is 28.3 Å². The van der Waals surface area contributed by atoms with Gasteiger partial charge in [-0.2, -0.15) is 0 Å². The fraction of sp³-hybridized carbons (Fsp3) is 0.462. The van der Waals surface area contributed by atoms with Gasteiger partial charge in [0.2, 0.25) is 0 Å². The molecule has 0 radical (unpaired) electrons. The number of carboxylic acids is 1. The molecule has 0 fully saturated rings. The van der Waals surface area contributed by atoms with Gasteiger partial charge in [-0.05, 0) is 31.0 Å². The van der Waals surface area contributed by atoms with Crippen LogP contribution in [-0.2, 0) is 4.79 Å². The van der Waals surface area contributed by atoms with Gasteiger partial charge >= 0.3 is 5.97 Å². The van der Waals surface area contributed by atoms with Crippen LogP contribution in [0.5, 0.6) is 0 Å². The topological polar surface area (TPSA) is 49.3 Å². The Morgan fingerprint density at radius 1 is 1.44 bits per heavy atom. The highest BCUT2D eigenvalue weighted by Gasteiger charge is 2.20. The van der Waals surface area contributed by atoms with Crippen LogP contribution in [0.2, 0.25) is 10.0 Å². The predicted molar refractivity (Wildman–Crippen MR) is 74.3 cm³/mol. The molecule has 0 aromatic heterocycles. The number of hydrogen-bond acceptors (Lipinski definition) is 2. The summed E-state index contributed by atoms with van der Waals surface area (Å²) in [5.74, 6) is -0.839. The highest BCUT2D eigenvalue weighted by atomic mass is 35.5. The van der Waals surface area contributed by atoms with Crippen LogP contribution in [0.4, 0.5) is 0 Å². The minimum atomic E-state index is -0.839. The first-order chi connectivity index (χ1) is 8.45. The second-order valence-corrected chi connectivity index (χ2v) is 5.08. The molecule has 0 aliphatic rings. The molecule has 2 N–H and O–H groups in total. The number of carbonyl (C=O) groups is 1. The summed E-state index contributed by atoms with van der Waals surface area (Å²) in [5, 5.41) is 13.3. The molecule has 1 aromatic carbocycles. The van der Waals surface area contributed by atoms with E-state index >= 15 is 0 Å². The van der Waals surface area contributed by atoms with Crippen LogP contribution in [-0.4, -0.2) is 17.1 Å². The van der Waals surface area contributed by atoms with Crippen molar-refractivity contribution in [3.8, 4) is 0 Å². The fourth-order valence-corrected chi connectivity index (χ4v) is 2.38. The molecule has 0 saturated heterocycles. The van der Waals surface area contributed by atoms with Gasteiger partial charge in [-0.15, -0.1) is 0 Å². The van der Waals surface area contributed by atoms with Gasteiger partial charge < -0.3 is 5.11 Å². The number of aliphatic carboxylic acids is 1. The van der Waals surface area contributed by atoms with Crippen LogP contribution in [0.15, 0.2) is 18.2 Å². The number of nitrogens with one attached hydrogen (secondary N) is 1. The van der Waals surface area contributed by atoms with E-state index in [1.165, 1.54) is 0 Å². The van der Waals surface area contributed by atoms with E-state index in [0.29, 0.717) is 16.5 Å². The maximum absolute atomic E-state index is 11.1. The van der Waals surface area contributed by atoms with Gasteiger partial charge in [0.05, 0.1) is 0 Å². The Kier molecular flexibility index (Phi) is 5.93. The van der Waals surface area contributed by atoms with Crippen molar-refractivity contribution in [2.75, 3.05) is 0 Å². The van der Waals surface area contributed by atoms with E-state index in [0.717, 1.165) is 12.0 Å². The van der Waals surface area contributed by atoms with E-state index in [1.54, 1.807) is 12.1 Å². The molecule has 0 amide bonds. The van der Waals surface area contributed by atoms with Crippen LogP contribution >= 0.6 is 23.2 Å². The van der Waals surface area contributed by atoms with Gasteiger partial charge in [0.25, 0.3) is 0 Å². The molecule has 0 aliphatic carbocycles. The maximum atomic E-state index is 11.1. The van der Waals surface area contributed by atoms with Crippen LogP contribution in [0, 0.1) is 0 Å². The Morgan fingerprint density at radius 3 is 2.61 bits per heavy atom. The maximum Gasteiger partial charge on any atom is 0.320 e. The zero-order chi connectivity index (χ0) is 13.7. The Bertz CT molecular complexity index is 423. The number of hydrogen-bond donors (Lipinski definition) is 2. The first kappa shape index (κ1) is 15.3. The first-order valence-electron chi connectivity index (χ1n) is 5.89. The third-order valence-electron chi connectivity index (χ3n) is 2.76. The molecule has 0 heterocycles. The predicted octanol–water partition coefficient (Wildman–Crippen LogP) is 3.90. The largest absolute Gasteiger partial charge is 0.480 e. The molecule has 1 aromatic rings. The van der Waals surface area contributed by atoms with Gasteiger partial charge in [-0.1, -0.05) is 42.6 Å². The normalized spacial score (nSPS) is 14.2. The summed E-state index contributed by atoms with van der Waals surface area (Å²) >= 11 is 11.9. The van der Waals surface area contributed by atoms with E-state index in [2.05, 4.69) is 5.32 Å². The quantitative estimate of drug-likeness (QED) is 0.835. The number of rotatable bonds is 6. The Balaban J connectivity index is 2.80. The van der Waals surface area contributed by atoms with Crippen molar-refractivity contribution in [1.29, 1.82) is 0 Å². The lowest BCUT2D eigenvalue weighted by molar-refractivity contribution is -0.139. The van der Waals surface area contributed by atoms with Crippen molar-refractivity contribution in [2.24, 2.45) is 0 Å². The SMILES string of the molecule is CCCC(NC(C)c1ccc(Cl)cc1Cl)C(=O)O. The first-order valence-corrected chi connectivity index (χ1v) is 6.65. The molecule has 2 unspecified atom stereocenters. The molecular formula is C13H17Cl2NO2.